The van der Waals surface area contributed by atoms with Crippen molar-refractivity contribution in [1.82, 2.24) is 5.32 Å². The van der Waals surface area contributed by atoms with Gasteiger partial charge in [-0.2, -0.15) is 0 Å². The van der Waals surface area contributed by atoms with Crippen molar-refractivity contribution in [3.8, 4) is 0 Å². The highest BCUT2D eigenvalue weighted by Gasteiger charge is 2.27. The first kappa shape index (κ1) is 16.6. The molecule has 1 N–H and O–H groups in total. The number of hydrogen-bond donors (Lipinski definition) is 1. The molecular formula is C13H20N2O4S. The number of likely N-dealkylation sites (N-methyl/N-ethyl adjacent to an activating group) is 1. The third-order valence-corrected chi connectivity index (χ3v) is 5.02. The lowest BCUT2D eigenvalue weighted by atomic mass is 10.0. The molecule has 0 radical (unpaired) electrons. The Bertz CT molecular complexity index is 571. The quantitative estimate of drug-likeness (QED) is 0.609. The van der Waals surface area contributed by atoms with E-state index in [-0.39, 0.29) is 11.7 Å². The summed E-state index contributed by atoms with van der Waals surface area (Å²) < 4.78 is 23.4. The summed E-state index contributed by atoms with van der Waals surface area (Å²) in [4.78, 5) is 10.6. The maximum Gasteiger partial charge on any atom is 0.272 e. The van der Waals surface area contributed by atoms with Crippen molar-refractivity contribution in [3.05, 3.63) is 39.9 Å². The Morgan fingerprint density at radius 3 is 2.45 bits per heavy atom. The first-order valence-electron chi connectivity index (χ1n) is 6.42. The van der Waals surface area contributed by atoms with Gasteiger partial charge in [-0.05, 0) is 19.9 Å². The molecule has 0 saturated heterocycles. The van der Waals surface area contributed by atoms with Crippen LogP contribution < -0.4 is 5.32 Å². The van der Waals surface area contributed by atoms with Gasteiger partial charge >= 0.3 is 0 Å². The minimum absolute atomic E-state index is 0.0242. The van der Waals surface area contributed by atoms with Crippen LogP contribution in [0.2, 0.25) is 0 Å². The summed E-state index contributed by atoms with van der Waals surface area (Å²) >= 11 is 0. The number of hydrogen-bond acceptors (Lipinski definition) is 5. The van der Waals surface area contributed by atoms with Crippen LogP contribution in [0, 0.1) is 10.1 Å². The lowest BCUT2D eigenvalue weighted by Crippen LogP contribution is -2.43. The van der Waals surface area contributed by atoms with Crippen LogP contribution in [0.1, 0.15) is 19.4 Å². The molecule has 0 heterocycles. The summed E-state index contributed by atoms with van der Waals surface area (Å²) in [6.45, 7) is 4.10. The van der Waals surface area contributed by atoms with Gasteiger partial charge in [-0.25, -0.2) is 8.42 Å². The van der Waals surface area contributed by atoms with Crippen LogP contribution >= 0.6 is 0 Å². The number of nitro benzene ring substituents is 1. The van der Waals surface area contributed by atoms with Crippen molar-refractivity contribution in [3.63, 3.8) is 0 Å². The molecule has 0 aliphatic carbocycles. The number of para-hydroxylation sites is 1. The Labute approximate surface area is 119 Å². The number of nitro groups is 1. The minimum Gasteiger partial charge on any atom is -0.313 e. The standard InChI is InChI=1S/C13H20N2O4S/c1-4-14-12(10(2)20(3,18)19)9-11-7-5-6-8-13(11)15(16)17/h5-8,10,12,14H,4,9H2,1-3H3. The summed E-state index contributed by atoms with van der Waals surface area (Å²) in [5.74, 6) is 0. The third-order valence-electron chi connectivity index (χ3n) is 3.34. The fraction of sp³-hybridized carbons (Fsp3) is 0.538. The Balaban J connectivity index is 3.06. The second-order valence-electron chi connectivity index (χ2n) is 4.79. The molecule has 1 rings (SSSR count). The van der Waals surface area contributed by atoms with Crippen molar-refractivity contribution in [2.45, 2.75) is 31.6 Å². The maximum atomic E-state index is 11.7. The van der Waals surface area contributed by atoms with Gasteiger partial charge in [0.25, 0.3) is 5.69 Å². The van der Waals surface area contributed by atoms with Crippen LogP contribution in [0.25, 0.3) is 0 Å². The fourth-order valence-electron chi connectivity index (χ4n) is 2.06. The highest BCUT2D eigenvalue weighted by Crippen LogP contribution is 2.21. The van der Waals surface area contributed by atoms with Gasteiger partial charge in [0.2, 0.25) is 0 Å². The molecule has 0 bridgehead atoms. The second kappa shape index (κ2) is 6.81. The van der Waals surface area contributed by atoms with E-state index in [9.17, 15) is 18.5 Å². The SMILES string of the molecule is CCNC(Cc1ccccc1[N+](=O)[O-])C(C)S(C)(=O)=O. The third kappa shape index (κ3) is 4.28. The van der Waals surface area contributed by atoms with Crippen molar-refractivity contribution >= 4 is 15.5 Å². The van der Waals surface area contributed by atoms with Gasteiger partial charge in [-0.3, -0.25) is 10.1 Å². The van der Waals surface area contributed by atoms with Crippen LogP contribution in [-0.4, -0.2) is 37.4 Å². The lowest BCUT2D eigenvalue weighted by molar-refractivity contribution is -0.385. The molecule has 2 atom stereocenters. The second-order valence-corrected chi connectivity index (χ2v) is 7.19. The average molecular weight is 300 g/mol. The topological polar surface area (TPSA) is 89.3 Å². The van der Waals surface area contributed by atoms with Gasteiger partial charge in [0.05, 0.1) is 10.2 Å². The van der Waals surface area contributed by atoms with E-state index < -0.39 is 20.0 Å². The molecule has 0 amide bonds. The molecule has 7 heteroatoms. The number of rotatable bonds is 7. The van der Waals surface area contributed by atoms with Gasteiger partial charge in [-0.1, -0.05) is 25.1 Å². The van der Waals surface area contributed by atoms with E-state index in [1.165, 1.54) is 12.3 Å². The van der Waals surface area contributed by atoms with Crippen molar-refractivity contribution in [1.29, 1.82) is 0 Å². The Hall–Kier alpha value is -1.47. The van der Waals surface area contributed by atoms with E-state index in [4.69, 9.17) is 0 Å². The molecule has 0 spiro atoms. The number of benzene rings is 1. The Kier molecular flexibility index (Phi) is 5.64. The zero-order valence-electron chi connectivity index (χ0n) is 11.9. The lowest BCUT2D eigenvalue weighted by Gasteiger charge is -2.23. The predicted molar refractivity (Wildman–Crippen MR) is 78.6 cm³/mol. The largest absolute Gasteiger partial charge is 0.313 e. The fourth-order valence-corrected chi connectivity index (χ4v) is 2.85. The van der Waals surface area contributed by atoms with Crippen LogP contribution in [0.5, 0.6) is 0 Å². The molecule has 1 aromatic rings. The highest BCUT2D eigenvalue weighted by molar-refractivity contribution is 7.91. The van der Waals surface area contributed by atoms with Gasteiger partial charge in [-0.15, -0.1) is 0 Å². The maximum absolute atomic E-state index is 11.7. The molecule has 0 saturated carbocycles. The van der Waals surface area contributed by atoms with Gasteiger partial charge < -0.3 is 5.32 Å². The zero-order valence-corrected chi connectivity index (χ0v) is 12.7. The molecule has 2 unspecified atom stereocenters. The molecule has 0 aliphatic heterocycles. The monoisotopic (exact) mass is 300 g/mol. The van der Waals surface area contributed by atoms with Crippen molar-refractivity contribution in [2.75, 3.05) is 12.8 Å². The Morgan fingerprint density at radius 1 is 1.35 bits per heavy atom. The smallest absolute Gasteiger partial charge is 0.272 e. The molecular weight excluding hydrogens is 280 g/mol. The highest BCUT2D eigenvalue weighted by atomic mass is 32.2. The number of nitrogens with zero attached hydrogens (tertiary/aromatic N) is 1. The van der Waals surface area contributed by atoms with Crippen molar-refractivity contribution in [2.24, 2.45) is 0 Å². The van der Waals surface area contributed by atoms with Gasteiger partial charge in [0.15, 0.2) is 9.84 Å². The minimum atomic E-state index is -3.21. The summed E-state index contributed by atoms with van der Waals surface area (Å²) in [6.07, 6.45) is 1.49. The van der Waals surface area contributed by atoms with Crippen LogP contribution in [-0.2, 0) is 16.3 Å². The van der Waals surface area contributed by atoms with Crippen LogP contribution in [0.3, 0.4) is 0 Å². The summed E-state index contributed by atoms with van der Waals surface area (Å²) in [7, 11) is -3.21. The van der Waals surface area contributed by atoms with Gasteiger partial charge in [0, 0.05) is 23.9 Å². The van der Waals surface area contributed by atoms with E-state index >= 15 is 0 Å². The van der Waals surface area contributed by atoms with Gasteiger partial charge in [0.1, 0.15) is 0 Å². The normalized spacial score (nSPS) is 14.8. The first-order chi connectivity index (χ1) is 9.27. The zero-order chi connectivity index (χ0) is 15.3. The molecule has 0 aliphatic rings. The summed E-state index contributed by atoms with van der Waals surface area (Å²) in [5, 5.41) is 13.5. The van der Waals surface area contributed by atoms with Crippen LogP contribution in [0.4, 0.5) is 5.69 Å². The average Bonchev–Trinajstić information content (AvgIpc) is 2.36. The Morgan fingerprint density at radius 2 is 1.95 bits per heavy atom. The predicted octanol–water partition coefficient (Wildman–Crippen LogP) is 1.55. The number of nitrogens with one attached hydrogen (secondary N) is 1. The molecule has 1 aromatic carbocycles. The molecule has 6 nitrogen and oxygen atoms in total. The van der Waals surface area contributed by atoms with E-state index in [0.29, 0.717) is 18.5 Å². The van der Waals surface area contributed by atoms with Crippen molar-refractivity contribution < 1.29 is 13.3 Å². The van der Waals surface area contributed by atoms with E-state index in [1.54, 1.807) is 25.1 Å². The van der Waals surface area contributed by atoms with Crippen LogP contribution in [0.15, 0.2) is 24.3 Å². The van der Waals surface area contributed by atoms with E-state index in [0.717, 1.165) is 0 Å². The number of sulfone groups is 1. The van der Waals surface area contributed by atoms with E-state index in [2.05, 4.69) is 5.32 Å². The molecule has 112 valence electrons. The molecule has 0 fully saturated rings. The first-order valence-corrected chi connectivity index (χ1v) is 8.37. The molecule has 0 aromatic heterocycles. The molecule has 20 heavy (non-hydrogen) atoms. The summed E-state index contributed by atoms with van der Waals surface area (Å²) in [5.41, 5.74) is 0.565. The van der Waals surface area contributed by atoms with E-state index in [1.807, 2.05) is 6.92 Å². The summed E-state index contributed by atoms with van der Waals surface area (Å²) in [6, 6.07) is 6.07.